The zero-order valence-electron chi connectivity index (χ0n) is 16.5. The lowest BCUT2D eigenvalue weighted by atomic mass is 10.2. The maximum Gasteiger partial charge on any atom is 0.321 e. The highest BCUT2D eigenvalue weighted by Crippen LogP contribution is 2.21. The number of carbonyl (C=O) groups is 2. The van der Waals surface area contributed by atoms with Gasteiger partial charge < -0.3 is 15.1 Å². The van der Waals surface area contributed by atoms with Crippen molar-refractivity contribution in [2.75, 3.05) is 37.8 Å². The van der Waals surface area contributed by atoms with Crippen LogP contribution in [-0.4, -0.2) is 63.6 Å². The topological polar surface area (TPSA) is 70.0 Å². The minimum atomic E-state index is -0.139. The molecule has 2 aromatic heterocycles. The Kier molecular flexibility index (Phi) is 5.44. The smallest absolute Gasteiger partial charge is 0.321 e. The summed E-state index contributed by atoms with van der Waals surface area (Å²) < 4.78 is 1.93. The first-order valence-electron chi connectivity index (χ1n) is 9.50. The first-order chi connectivity index (χ1) is 14.1. The number of nitrogens with zero attached hydrogens (tertiary/aromatic N) is 4. The molecule has 1 aliphatic heterocycles. The van der Waals surface area contributed by atoms with E-state index in [9.17, 15) is 9.59 Å². The van der Waals surface area contributed by atoms with Crippen molar-refractivity contribution in [2.45, 2.75) is 12.1 Å². The predicted molar refractivity (Wildman–Crippen MR) is 115 cm³/mol. The SMILES string of the molecule is CSc1nc(C(=O)N2CCN(C(=O)Nc3cccc(C)c3)CC2)c2ccccn12. The Morgan fingerprint density at radius 1 is 1.03 bits per heavy atom. The van der Waals surface area contributed by atoms with Gasteiger partial charge in [0.2, 0.25) is 0 Å². The molecule has 0 unspecified atom stereocenters. The number of thioether (sulfide) groups is 1. The van der Waals surface area contributed by atoms with Crippen molar-refractivity contribution >= 4 is 34.9 Å². The van der Waals surface area contributed by atoms with Gasteiger partial charge in [0.25, 0.3) is 5.91 Å². The van der Waals surface area contributed by atoms with Crippen molar-refractivity contribution in [2.24, 2.45) is 0 Å². The second-order valence-electron chi connectivity index (χ2n) is 6.98. The number of aryl methyl sites for hydroxylation is 1. The molecule has 1 aromatic carbocycles. The number of pyridine rings is 1. The lowest BCUT2D eigenvalue weighted by molar-refractivity contribution is 0.0668. The summed E-state index contributed by atoms with van der Waals surface area (Å²) in [6.45, 7) is 3.94. The van der Waals surface area contributed by atoms with Crippen molar-refractivity contribution < 1.29 is 9.59 Å². The molecule has 1 N–H and O–H groups in total. The molecule has 0 bridgehead atoms. The van der Waals surface area contributed by atoms with Crippen molar-refractivity contribution in [3.8, 4) is 0 Å². The number of benzene rings is 1. The molecule has 0 radical (unpaired) electrons. The lowest BCUT2D eigenvalue weighted by Crippen LogP contribution is -2.51. The van der Waals surface area contributed by atoms with E-state index in [4.69, 9.17) is 0 Å². The van der Waals surface area contributed by atoms with Crippen LogP contribution in [0.1, 0.15) is 16.1 Å². The number of hydrogen-bond donors (Lipinski definition) is 1. The van der Waals surface area contributed by atoms with E-state index >= 15 is 0 Å². The van der Waals surface area contributed by atoms with E-state index in [1.807, 2.05) is 66.2 Å². The minimum absolute atomic E-state index is 0.0901. The highest BCUT2D eigenvalue weighted by molar-refractivity contribution is 7.98. The summed E-state index contributed by atoms with van der Waals surface area (Å²) in [5.41, 5.74) is 3.15. The van der Waals surface area contributed by atoms with Crippen molar-refractivity contribution in [1.82, 2.24) is 19.2 Å². The van der Waals surface area contributed by atoms with Crippen LogP contribution in [0, 0.1) is 6.92 Å². The Bertz CT molecular complexity index is 1060. The van der Waals surface area contributed by atoms with E-state index in [-0.39, 0.29) is 11.9 Å². The molecule has 0 atom stereocenters. The standard InChI is InChI=1S/C21H23N5O2S/c1-15-6-5-7-16(14-15)22-20(28)25-12-10-24(11-13-25)19(27)18-17-8-3-4-9-26(17)21(23-18)29-2/h3-9,14H,10-13H2,1-2H3,(H,22,28). The zero-order valence-corrected chi connectivity index (χ0v) is 17.3. The van der Waals surface area contributed by atoms with Gasteiger partial charge in [-0.05, 0) is 43.0 Å². The van der Waals surface area contributed by atoms with Crippen LogP contribution in [0.2, 0.25) is 0 Å². The molecular weight excluding hydrogens is 386 g/mol. The van der Waals surface area contributed by atoms with Crippen LogP contribution in [0.15, 0.2) is 53.8 Å². The molecule has 150 valence electrons. The van der Waals surface area contributed by atoms with Gasteiger partial charge in [0, 0.05) is 38.1 Å². The van der Waals surface area contributed by atoms with Gasteiger partial charge in [0.15, 0.2) is 10.9 Å². The summed E-state index contributed by atoms with van der Waals surface area (Å²) in [6.07, 6.45) is 3.86. The lowest BCUT2D eigenvalue weighted by Gasteiger charge is -2.34. The third kappa shape index (κ3) is 3.93. The molecule has 1 saturated heterocycles. The Labute approximate surface area is 173 Å². The molecule has 1 fully saturated rings. The number of hydrogen-bond acceptors (Lipinski definition) is 4. The maximum absolute atomic E-state index is 13.1. The molecule has 3 heterocycles. The zero-order chi connectivity index (χ0) is 20.4. The number of fused-ring (bicyclic) bond motifs is 1. The molecule has 0 spiro atoms. The van der Waals surface area contributed by atoms with E-state index in [0.29, 0.717) is 31.9 Å². The van der Waals surface area contributed by atoms with Crippen molar-refractivity contribution in [1.29, 1.82) is 0 Å². The van der Waals surface area contributed by atoms with E-state index in [2.05, 4.69) is 10.3 Å². The van der Waals surface area contributed by atoms with Gasteiger partial charge in [0.05, 0.1) is 5.52 Å². The summed E-state index contributed by atoms with van der Waals surface area (Å²) in [5.74, 6) is -0.0901. The largest absolute Gasteiger partial charge is 0.334 e. The van der Waals surface area contributed by atoms with Gasteiger partial charge >= 0.3 is 6.03 Å². The molecule has 4 rings (SSSR count). The van der Waals surface area contributed by atoms with E-state index in [0.717, 1.165) is 21.9 Å². The predicted octanol–water partition coefficient (Wildman–Crippen LogP) is 3.35. The second-order valence-corrected chi connectivity index (χ2v) is 7.76. The average Bonchev–Trinajstić information content (AvgIpc) is 3.12. The number of aromatic nitrogens is 2. The molecule has 8 heteroatoms. The minimum Gasteiger partial charge on any atom is -0.334 e. The fourth-order valence-electron chi connectivity index (χ4n) is 3.50. The first kappa shape index (κ1) is 19.3. The van der Waals surface area contributed by atoms with Gasteiger partial charge in [-0.1, -0.05) is 30.0 Å². The maximum atomic E-state index is 13.1. The number of imidazole rings is 1. The molecule has 1 aliphatic rings. The number of nitrogens with one attached hydrogen (secondary N) is 1. The van der Waals surface area contributed by atoms with Crippen LogP contribution in [0.25, 0.3) is 5.52 Å². The Morgan fingerprint density at radius 3 is 2.52 bits per heavy atom. The molecule has 3 aromatic rings. The van der Waals surface area contributed by atoms with E-state index in [1.165, 1.54) is 11.8 Å². The molecule has 0 saturated carbocycles. The monoisotopic (exact) mass is 409 g/mol. The highest BCUT2D eigenvalue weighted by atomic mass is 32.2. The van der Waals surface area contributed by atoms with Crippen LogP contribution in [0.3, 0.4) is 0 Å². The van der Waals surface area contributed by atoms with Gasteiger partial charge in [-0.3, -0.25) is 9.20 Å². The molecule has 29 heavy (non-hydrogen) atoms. The molecular formula is C21H23N5O2S. The number of amides is 3. The number of anilines is 1. The summed E-state index contributed by atoms with van der Waals surface area (Å²) in [6, 6.07) is 13.3. The first-order valence-corrected chi connectivity index (χ1v) is 10.7. The quantitative estimate of drug-likeness (QED) is 0.674. The fourth-order valence-corrected chi connectivity index (χ4v) is 4.04. The number of piperazine rings is 1. The summed E-state index contributed by atoms with van der Waals surface area (Å²) >= 11 is 1.51. The summed E-state index contributed by atoms with van der Waals surface area (Å²) in [4.78, 5) is 33.7. The van der Waals surface area contributed by atoms with E-state index < -0.39 is 0 Å². The third-order valence-electron chi connectivity index (χ3n) is 5.02. The second kappa shape index (κ2) is 8.16. The summed E-state index contributed by atoms with van der Waals surface area (Å²) in [5, 5.41) is 3.72. The Balaban J connectivity index is 1.42. The van der Waals surface area contributed by atoms with Crippen LogP contribution >= 0.6 is 11.8 Å². The van der Waals surface area contributed by atoms with Crippen LogP contribution < -0.4 is 5.32 Å². The number of rotatable bonds is 3. The van der Waals surface area contributed by atoms with Crippen molar-refractivity contribution in [3.63, 3.8) is 0 Å². The number of urea groups is 1. The molecule has 3 amide bonds. The molecule has 0 aliphatic carbocycles. The number of carbonyl (C=O) groups excluding carboxylic acids is 2. The van der Waals surface area contributed by atoms with Gasteiger partial charge in [0.1, 0.15) is 0 Å². The van der Waals surface area contributed by atoms with E-state index in [1.54, 1.807) is 9.80 Å². The third-order valence-corrected chi connectivity index (χ3v) is 5.68. The van der Waals surface area contributed by atoms with Crippen LogP contribution in [0.4, 0.5) is 10.5 Å². The van der Waals surface area contributed by atoms with Gasteiger partial charge in [-0.2, -0.15) is 0 Å². The highest BCUT2D eigenvalue weighted by Gasteiger charge is 2.27. The Morgan fingerprint density at radius 2 is 1.79 bits per heavy atom. The fraction of sp³-hybridized carbons (Fsp3) is 0.286. The summed E-state index contributed by atoms with van der Waals surface area (Å²) in [7, 11) is 0. The average molecular weight is 410 g/mol. The van der Waals surface area contributed by atoms with Gasteiger partial charge in [-0.25, -0.2) is 9.78 Å². The van der Waals surface area contributed by atoms with Crippen LogP contribution in [0.5, 0.6) is 0 Å². The Hall–Kier alpha value is -3.00. The van der Waals surface area contributed by atoms with Crippen molar-refractivity contribution in [3.05, 3.63) is 59.9 Å². The van der Waals surface area contributed by atoms with Crippen LogP contribution in [-0.2, 0) is 0 Å². The normalized spacial score (nSPS) is 14.3. The van der Waals surface area contributed by atoms with Gasteiger partial charge in [-0.15, -0.1) is 0 Å². The molecule has 7 nitrogen and oxygen atoms in total.